The average Bonchev–Trinajstić information content (AvgIpc) is 2.58. The second-order valence-corrected chi connectivity index (χ2v) is 8.19. The van der Waals surface area contributed by atoms with Gasteiger partial charge >= 0.3 is 0 Å². The van der Waals surface area contributed by atoms with Crippen LogP contribution in [-0.4, -0.2) is 36.7 Å². The van der Waals surface area contributed by atoms with Gasteiger partial charge in [-0.3, -0.25) is 19.2 Å². The Morgan fingerprint density at radius 2 is 1.36 bits per heavy atom. The second kappa shape index (κ2) is 10.7. The Labute approximate surface area is 190 Å². The van der Waals surface area contributed by atoms with Crippen LogP contribution in [0, 0.1) is 14.1 Å². The van der Waals surface area contributed by atoms with E-state index in [1.807, 2.05) is 45.2 Å². The fraction of sp³-hybridized carbons (Fsp3) is 0.333. The van der Waals surface area contributed by atoms with Crippen LogP contribution in [0.15, 0.2) is 12.2 Å². The highest BCUT2D eigenvalue weighted by Gasteiger charge is 2.24. The van der Waals surface area contributed by atoms with Gasteiger partial charge in [0.05, 0.1) is 24.1 Å². The van der Waals surface area contributed by atoms with E-state index in [2.05, 4.69) is 27.8 Å². The maximum atomic E-state index is 12.8. The number of hydrogen-bond donors (Lipinski definition) is 4. The van der Waals surface area contributed by atoms with Gasteiger partial charge in [-0.05, 0) is 64.6 Å². The van der Waals surface area contributed by atoms with Crippen molar-refractivity contribution in [3.8, 4) is 0 Å². The van der Waals surface area contributed by atoms with Crippen molar-refractivity contribution in [2.75, 3.05) is 23.7 Å². The molecule has 4 amide bonds. The first-order valence-corrected chi connectivity index (χ1v) is 10.4. The molecule has 0 unspecified atom stereocenters. The summed E-state index contributed by atoms with van der Waals surface area (Å²) in [5, 5.41) is 10.8. The van der Waals surface area contributed by atoms with Crippen LogP contribution in [-0.2, 0) is 14.4 Å². The Balaban J connectivity index is 3.19. The molecule has 28 heavy (non-hydrogen) atoms. The highest BCUT2D eigenvalue weighted by atomic mass is 127. The minimum Gasteiger partial charge on any atom is -0.351 e. The lowest BCUT2D eigenvalue weighted by Crippen LogP contribution is -2.35. The lowest BCUT2D eigenvalue weighted by atomic mass is 10.0. The Kier molecular flexibility index (Phi) is 9.33. The molecule has 0 saturated heterocycles. The van der Waals surface area contributed by atoms with Gasteiger partial charge in [-0.2, -0.15) is 0 Å². The first-order valence-electron chi connectivity index (χ1n) is 8.26. The van der Waals surface area contributed by atoms with Crippen LogP contribution < -0.4 is 21.3 Å². The molecule has 0 aromatic heterocycles. The number of carbonyl (C=O) groups is 4. The largest absolute Gasteiger partial charge is 0.351 e. The molecular formula is C18H22I2N4O4. The van der Waals surface area contributed by atoms with Gasteiger partial charge in [-0.15, -0.1) is 0 Å². The zero-order valence-electron chi connectivity index (χ0n) is 16.0. The number of nitrogens with one attached hydrogen (secondary N) is 4. The van der Waals surface area contributed by atoms with Gasteiger partial charge in [0.15, 0.2) is 0 Å². The van der Waals surface area contributed by atoms with Gasteiger partial charge in [0.1, 0.15) is 0 Å². The van der Waals surface area contributed by atoms with E-state index in [0.29, 0.717) is 35.2 Å². The first-order chi connectivity index (χ1) is 13.0. The highest BCUT2D eigenvalue weighted by Crippen LogP contribution is 2.37. The molecule has 0 saturated carbocycles. The molecule has 1 aromatic rings. The van der Waals surface area contributed by atoms with Gasteiger partial charge in [0.25, 0.3) is 5.91 Å². The normalized spacial score (nSPS) is 10.1. The molecule has 0 radical (unpaired) electrons. The maximum absolute atomic E-state index is 12.8. The third kappa shape index (κ3) is 6.43. The van der Waals surface area contributed by atoms with Crippen LogP contribution in [0.5, 0.6) is 0 Å². The van der Waals surface area contributed by atoms with E-state index in [1.54, 1.807) is 13.8 Å². The van der Waals surface area contributed by atoms with Crippen molar-refractivity contribution < 1.29 is 19.2 Å². The molecule has 1 aromatic carbocycles. The van der Waals surface area contributed by atoms with Crippen LogP contribution in [0.4, 0.5) is 11.4 Å². The number of hydrogen-bond acceptors (Lipinski definition) is 4. The van der Waals surface area contributed by atoms with E-state index in [9.17, 15) is 19.2 Å². The van der Waals surface area contributed by atoms with Gasteiger partial charge in [-0.1, -0.05) is 6.58 Å². The standard InChI is InChI=1S/C18H22I2N4O4/c1-8(2)17(27)21-6-7-22-18(28)12-9(3)15(23-10(4)25)14(20)16(13(12)19)24-11(5)26/h1,6-7H2,2-5H3,(H,21,27)(H,22,28)(H,23,25)(H,24,26). The number of anilines is 2. The molecular weight excluding hydrogens is 590 g/mol. The van der Waals surface area contributed by atoms with Crippen molar-refractivity contribution in [3.05, 3.63) is 30.4 Å². The monoisotopic (exact) mass is 612 g/mol. The van der Waals surface area contributed by atoms with Crippen molar-refractivity contribution in [1.29, 1.82) is 0 Å². The molecule has 0 aliphatic carbocycles. The zero-order valence-corrected chi connectivity index (χ0v) is 20.3. The molecule has 4 N–H and O–H groups in total. The number of amides is 4. The third-order valence-electron chi connectivity index (χ3n) is 3.54. The minimum absolute atomic E-state index is 0.213. The van der Waals surface area contributed by atoms with E-state index in [-0.39, 0.29) is 36.7 Å². The second-order valence-electron chi connectivity index (χ2n) is 6.03. The number of rotatable bonds is 7. The summed E-state index contributed by atoms with van der Waals surface area (Å²) in [6.07, 6.45) is 0. The van der Waals surface area contributed by atoms with Gasteiger partial charge < -0.3 is 21.3 Å². The molecule has 0 aliphatic heterocycles. The van der Waals surface area contributed by atoms with Crippen molar-refractivity contribution in [2.24, 2.45) is 0 Å². The van der Waals surface area contributed by atoms with Gasteiger partial charge in [-0.25, -0.2) is 0 Å². The van der Waals surface area contributed by atoms with E-state index in [4.69, 9.17) is 0 Å². The molecule has 10 heteroatoms. The van der Waals surface area contributed by atoms with Gasteiger partial charge in [0, 0.05) is 32.5 Å². The van der Waals surface area contributed by atoms with Crippen LogP contribution >= 0.6 is 45.2 Å². The minimum atomic E-state index is -0.374. The molecule has 152 valence electrons. The number of carbonyl (C=O) groups excluding carboxylic acids is 4. The Bertz CT molecular complexity index is 809. The van der Waals surface area contributed by atoms with Crippen LogP contribution in [0.3, 0.4) is 0 Å². The summed E-state index contributed by atoms with van der Waals surface area (Å²) in [4.78, 5) is 47.5. The third-order valence-corrected chi connectivity index (χ3v) is 5.70. The average molecular weight is 612 g/mol. The highest BCUT2D eigenvalue weighted by molar-refractivity contribution is 14.1. The topological polar surface area (TPSA) is 116 Å². The molecule has 0 fully saturated rings. The fourth-order valence-electron chi connectivity index (χ4n) is 2.27. The van der Waals surface area contributed by atoms with E-state index < -0.39 is 0 Å². The van der Waals surface area contributed by atoms with Crippen molar-refractivity contribution >= 4 is 80.2 Å². The predicted molar refractivity (Wildman–Crippen MR) is 125 cm³/mol. The lowest BCUT2D eigenvalue weighted by Gasteiger charge is -2.20. The molecule has 8 nitrogen and oxygen atoms in total. The first kappa shape index (κ1) is 24.3. The molecule has 0 atom stereocenters. The smallest absolute Gasteiger partial charge is 0.252 e. The summed E-state index contributed by atoms with van der Waals surface area (Å²) in [6, 6.07) is 0. The zero-order chi connectivity index (χ0) is 21.6. The maximum Gasteiger partial charge on any atom is 0.252 e. The van der Waals surface area contributed by atoms with E-state index >= 15 is 0 Å². The molecule has 0 spiro atoms. The van der Waals surface area contributed by atoms with E-state index in [0.717, 1.165) is 0 Å². The fourth-order valence-corrected chi connectivity index (χ4v) is 4.79. The van der Waals surface area contributed by atoms with E-state index in [1.165, 1.54) is 13.8 Å². The van der Waals surface area contributed by atoms with Crippen LogP contribution in [0.1, 0.15) is 36.7 Å². The Hall–Kier alpha value is -1.70. The Morgan fingerprint density at radius 3 is 1.86 bits per heavy atom. The van der Waals surface area contributed by atoms with Crippen molar-refractivity contribution in [1.82, 2.24) is 10.6 Å². The number of halogens is 2. The summed E-state index contributed by atoms with van der Waals surface area (Å²) in [5.74, 6) is -1.23. The summed E-state index contributed by atoms with van der Waals surface area (Å²) in [7, 11) is 0. The van der Waals surface area contributed by atoms with Crippen LogP contribution in [0.25, 0.3) is 0 Å². The molecule has 0 aliphatic rings. The SMILES string of the molecule is C=C(C)C(=O)NCCNC(=O)c1c(C)c(NC(C)=O)c(I)c(NC(C)=O)c1I. The van der Waals surface area contributed by atoms with Crippen molar-refractivity contribution in [2.45, 2.75) is 27.7 Å². The summed E-state index contributed by atoms with van der Waals surface area (Å²) >= 11 is 4.02. The summed E-state index contributed by atoms with van der Waals surface area (Å²) in [5.41, 5.74) is 2.25. The molecule has 0 heterocycles. The quantitative estimate of drug-likeness (QED) is 0.215. The van der Waals surface area contributed by atoms with Crippen LogP contribution in [0.2, 0.25) is 0 Å². The summed E-state index contributed by atoms with van der Waals surface area (Å²) < 4.78 is 1.20. The number of benzene rings is 1. The predicted octanol–water partition coefficient (Wildman–Crippen LogP) is 2.54. The Morgan fingerprint density at radius 1 is 0.857 bits per heavy atom. The molecule has 1 rings (SSSR count). The lowest BCUT2D eigenvalue weighted by molar-refractivity contribution is -0.117. The van der Waals surface area contributed by atoms with Crippen molar-refractivity contribution in [3.63, 3.8) is 0 Å². The molecule has 0 bridgehead atoms. The summed E-state index contributed by atoms with van der Waals surface area (Å²) in [6.45, 7) is 10.1. The van der Waals surface area contributed by atoms with Gasteiger partial charge in [0.2, 0.25) is 17.7 Å².